The summed E-state index contributed by atoms with van der Waals surface area (Å²) in [7, 11) is 0. The minimum atomic E-state index is 0.344. The summed E-state index contributed by atoms with van der Waals surface area (Å²) in [4.78, 5) is 5.35. The summed E-state index contributed by atoms with van der Waals surface area (Å²) in [5, 5.41) is 3.19. The van der Waals surface area contributed by atoms with Gasteiger partial charge in [0.1, 0.15) is 11.6 Å². The van der Waals surface area contributed by atoms with E-state index in [0.717, 1.165) is 5.69 Å². The molecule has 17 heavy (non-hydrogen) atoms. The van der Waals surface area contributed by atoms with Gasteiger partial charge < -0.3 is 16.8 Å². The van der Waals surface area contributed by atoms with Crippen LogP contribution in [-0.2, 0) is 0 Å². The first-order chi connectivity index (χ1) is 8.19. The molecule has 0 saturated heterocycles. The van der Waals surface area contributed by atoms with E-state index < -0.39 is 0 Å². The molecule has 0 bridgehead atoms. The molecule has 0 spiro atoms. The van der Waals surface area contributed by atoms with Gasteiger partial charge in [-0.05, 0) is 36.6 Å². The van der Waals surface area contributed by atoms with E-state index in [4.69, 9.17) is 11.5 Å². The molecular weight excluding hydrogens is 232 g/mol. The molecule has 2 rings (SSSR count). The fourth-order valence-electron chi connectivity index (χ4n) is 1.40. The lowest BCUT2D eigenvalue weighted by Gasteiger charge is -2.08. The molecule has 0 atom stereocenters. The molecule has 0 saturated carbocycles. The van der Waals surface area contributed by atoms with Crippen LogP contribution in [0.3, 0.4) is 0 Å². The maximum atomic E-state index is 5.65. The Morgan fingerprint density at radius 2 is 2.00 bits per heavy atom. The number of pyridine rings is 1. The SMILES string of the molecule is CSc1cccc(Nc2ccc(N)c(N)n2)c1. The Labute approximate surface area is 104 Å². The maximum Gasteiger partial charge on any atom is 0.149 e. The number of anilines is 4. The molecule has 0 radical (unpaired) electrons. The molecule has 5 heteroatoms. The number of rotatable bonds is 3. The van der Waals surface area contributed by atoms with E-state index in [-0.39, 0.29) is 0 Å². The molecule has 0 fully saturated rings. The molecule has 2 aromatic rings. The smallest absolute Gasteiger partial charge is 0.149 e. The van der Waals surface area contributed by atoms with Gasteiger partial charge in [0.2, 0.25) is 0 Å². The molecule has 1 aromatic heterocycles. The van der Waals surface area contributed by atoms with Gasteiger partial charge in [0.05, 0.1) is 5.69 Å². The average Bonchev–Trinajstić information content (AvgIpc) is 2.34. The van der Waals surface area contributed by atoms with Crippen molar-refractivity contribution < 1.29 is 0 Å². The van der Waals surface area contributed by atoms with Crippen molar-refractivity contribution in [1.29, 1.82) is 0 Å². The number of benzene rings is 1. The van der Waals surface area contributed by atoms with Crippen molar-refractivity contribution in [2.75, 3.05) is 23.0 Å². The molecule has 0 aliphatic carbocycles. The topological polar surface area (TPSA) is 77.0 Å². The highest BCUT2D eigenvalue weighted by molar-refractivity contribution is 7.98. The zero-order chi connectivity index (χ0) is 12.3. The van der Waals surface area contributed by atoms with E-state index in [0.29, 0.717) is 17.3 Å². The lowest BCUT2D eigenvalue weighted by atomic mass is 10.3. The standard InChI is InChI=1S/C12H14N4S/c1-17-9-4-2-3-8(7-9)15-11-6-5-10(13)12(14)16-11/h2-7H,13H2,1H3,(H3,14,15,16). The van der Waals surface area contributed by atoms with E-state index in [1.165, 1.54) is 4.90 Å². The van der Waals surface area contributed by atoms with Gasteiger partial charge in [-0.3, -0.25) is 0 Å². The van der Waals surface area contributed by atoms with Gasteiger partial charge in [-0.15, -0.1) is 11.8 Å². The van der Waals surface area contributed by atoms with Gasteiger partial charge in [0, 0.05) is 10.6 Å². The summed E-state index contributed by atoms with van der Waals surface area (Å²) in [5.41, 5.74) is 12.7. The van der Waals surface area contributed by atoms with Crippen LogP contribution in [0.5, 0.6) is 0 Å². The van der Waals surface area contributed by atoms with E-state index in [1.54, 1.807) is 23.9 Å². The third-order valence-electron chi connectivity index (χ3n) is 2.30. The van der Waals surface area contributed by atoms with Crippen molar-refractivity contribution in [3.05, 3.63) is 36.4 Å². The van der Waals surface area contributed by atoms with Gasteiger partial charge in [-0.25, -0.2) is 4.98 Å². The van der Waals surface area contributed by atoms with Crippen molar-refractivity contribution in [1.82, 2.24) is 4.98 Å². The zero-order valence-electron chi connectivity index (χ0n) is 9.47. The summed E-state index contributed by atoms with van der Waals surface area (Å²) in [6, 6.07) is 11.6. The molecule has 5 N–H and O–H groups in total. The zero-order valence-corrected chi connectivity index (χ0v) is 10.3. The van der Waals surface area contributed by atoms with Gasteiger partial charge >= 0.3 is 0 Å². The van der Waals surface area contributed by atoms with Crippen LogP contribution in [0.1, 0.15) is 0 Å². The highest BCUT2D eigenvalue weighted by atomic mass is 32.2. The van der Waals surface area contributed by atoms with Crippen LogP contribution in [0.2, 0.25) is 0 Å². The van der Waals surface area contributed by atoms with Crippen LogP contribution in [0.4, 0.5) is 23.0 Å². The Bertz CT molecular complexity index is 528. The Balaban J connectivity index is 2.22. The number of nitrogen functional groups attached to an aromatic ring is 2. The first-order valence-electron chi connectivity index (χ1n) is 5.12. The fraction of sp³-hybridized carbons (Fsp3) is 0.0833. The first-order valence-corrected chi connectivity index (χ1v) is 6.34. The summed E-state index contributed by atoms with van der Waals surface area (Å²) < 4.78 is 0. The van der Waals surface area contributed by atoms with Crippen LogP contribution in [-0.4, -0.2) is 11.2 Å². The molecule has 0 aliphatic heterocycles. The second-order valence-corrected chi connectivity index (χ2v) is 4.41. The van der Waals surface area contributed by atoms with Crippen LogP contribution in [0.15, 0.2) is 41.3 Å². The third kappa shape index (κ3) is 2.82. The second kappa shape index (κ2) is 4.97. The highest BCUT2D eigenvalue weighted by Crippen LogP contribution is 2.23. The maximum absolute atomic E-state index is 5.65. The van der Waals surface area contributed by atoms with Gasteiger partial charge in [0.25, 0.3) is 0 Å². The van der Waals surface area contributed by atoms with Gasteiger partial charge in [0.15, 0.2) is 0 Å². The molecule has 4 nitrogen and oxygen atoms in total. The largest absolute Gasteiger partial charge is 0.396 e. The average molecular weight is 246 g/mol. The highest BCUT2D eigenvalue weighted by Gasteiger charge is 2.00. The monoisotopic (exact) mass is 246 g/mol. The Hall–Kier alpha value is -1.88. The molecule has 1 aromatic carbocycles. The summed E-state index contributed by atoms with van der Waals surface area (Å²) in [6.07, 6.45) is 2.04. The molecule has 1 heterocycles. The van der Waals surface area contributed by atoms with Crippen molar-refractivity contribution in [3.63, 3.8) is 0 Å². The minimum Gasteiger partial charge on any atom is -0.396 e. The normalized spacial score (nSPS) is 10.2. The summed E-state index contributed by atoms with van der Waals surface area (Å²) in [6.45, 7) is 0. The number of nitrogens with zero attached hydrogens (tertiary/aromatic N) is 1. The number of nitrogens with two attached hydrogens (primary N) is 2. The van der Waals surface area contributed by atoms with Crippen molar-refractivity contribution in [2.24, 2.45) is 0 Å². The molecule has 0 unspecified atom stereocenters. The van der Waals surface area contributed by atoms with Gasteiger partial charge in [-0.2, -0.15) is 0 Å². The van der Waals surface area contributed by atoms with E-state index >= 15 is 0 Å². The van der Waals surface area contributed by atoms with Crippen LogP contribution >= 0.6 is 11.8 Å². The quantitative estimate of drug-likeness (QED) is 0.726. The van der Waals surface area contributed by atoms with Crippen LogP contribution in [0.25, 0.3) is 0 Å². The van der Waals surface area contributed by atoms with Crippen molar-refractivity contribution >= 4 is 34.8 Å². The number of aromatic nitrogens is 1. The minimum absolute atomic E-state index is 0.344. The number of hydrogen-bond acceptors (Lipinski definition) is 5. The fourth-order valence-corrected chi connectivity index (χ4v) is 1.86. The summed E-state index contributed by atoms with van der Waals surface area (Å²) in [5.74, 6) is 1.03. The first kappa shape index (κ1) is 11.6. The Morgan fingerprint density at radius 3 is 2.71 bits per heavy atom. The molecule has 0 aliphatic rings. The predicted octanol–water partition coefficient (Wildman–Crippen LogP) is 2.71. The van der Waals surface area contributed by atoms with Crippen molar-refractivity contribution in [3.8, 4) is 0 Å². The molecular formula is C12H14N4S. The van der Waals surface area contributed by atoms with E-state index in [1.807, 2.05) is 18.4 Å². The van der Waals surface area contributed by atoms with E-state index in [9.17, 15) is 0 Å². The number of nitrogens with one attached hydrogen (secondary N) is 1. The second-order valence-electron chi connectivity index (χ2n) is 3.53. The Morgan fingerprint density at radius 1 is 1.18 bits per heavy atom. The lowest BCUT2D eigenvalue weighted by molar-refractivity contribution is 1.31. The summed E-state index contributed by atoms with van der Waals surface area (Å²) >= 11 is 1.69. The lowest BCUT2D eigenvalue weighted by Crippen LogP contribution is -2.01. The van der Waals surface area contributed by atoms with Crippen LogP contribution < -0.4 is 16.8 Å². The van der Waals surface area contributed by atoms with Crippen LogP contribution in [0, 0.1) is 0 Å². The molecule has 0 amide bonds. The van der Waals surface area contributed by atoms with E-state index in [2.05, 4.69) is 22.4 Å². The third-order valence-corrected chi connectivity index (χ3v) is 3.02. The predicted molar refractivity (Wildman–Crippen MR) is 74.6 cm³/mol. The number of hydrogen-bond donors (Lipinski definition) is 3. The molecule has 88 valence electrons. The Kier molecular flexibility index (Phi) is 3.39. The van der Waals surface area contributed by atoms with Crippen molar-refractivity contribution in [2.45, 2.75) is 4.90 Å². The van der Waals surface area contributed by atoms with Gasteiger partial charge in [-0.1, -0.05) is 6.07 Å². The number of thioether (sulfide) groups is 1.